The lowest BCUT2D eigenvalue weighted by molar-refractivity contribution is 0.378. The maximum Gasteiger partial charge on any atom is 0.00932 e. The normalized spacial score (nSPS) is 13.0. The molecule has 0 aliphatic rings. The lowest BCUT2D eigenvalue weighted by atomic mass is 9.96. The molecule has 0 saturated heterocycles. The van der Waals surface area contributed by atoms with Gasteiger partial charge in [0.15, 0.2) is 0 Å². The summed E-state index contributed by atoms with van der Waals surface area (Å²) in [6.07, 6.45) is 3.63. The van der Waals surface area contributed by atoms with E-state index in [0.29, 0.717) is 12.0 Å². The zero-order valence-electron chi connectivity index (χ0n) is 11.8. The van der Waals surface area contributed by atoms with Gasteiger partial charge in [-0.3, -0.25) is 0 Å². The Morgan fingerprint density at radius 3 is 2.59 bits per heavy atom. The summed E-state index contributed by atoms with van der Waals surface area (Å²) in [5.41, 5.74) is 2.83. The molecular formula is C16H27N. The van der Waals surface area contributed by atoms with E-state index in [9.17, 15) is 0 Å². The van der Waals surface area contributed by atoms with Gasteiger partial charge < -0.3 is 5.32 Å². The van der Waals surface area contributed by atoms with Crippen LogP contribution in [0, 0.1) is 12.8 Å². The third-order valence-electron chi connectivity index (χ3n) is 3.29. The maximum absolute atomic E-state index is 3.65. The number of aryl methyl sites for hydroxylation is 2. The van der Waals surface area contributed by atoms with Crippen molar-refractivity contribution in [1.82, 2.24) is 5.32 Å². The lowest BCUT2D eigenvalue weighted by Gasteiger charge is -2.22. The summed E-state index contributed by atoms with van der Waals surface area (Å²) in [6, 6.07) is 9.52. The Labute approximate surface area is 107 Å². The van der Waals surface area contributed by atoms with E-state index in [2.05, 4.69) is 57.3 Å². The predicted octanol–water partition coefficient (Wildman–Crippen LogP) is 3.95. The van der Waals surface area contributed by atoms with Crippen LogP contribution in [-0.2, 0) is 6.42 Å². The minimum atomic E-state index is 0.649. The highest BCUT2D eigenvalue weighted by molar-refractivity contribution is 5.22. The average Bonchev–Trinajstić information content (AvgIpc) is 2.28. The summed E-state index contributed by atoms with van der Waals surface area (Å²) >= 11 is 0. The van der Waals surface area contributed by atoms with E-state index in [1.54, 1.807) is 0 Å². The van der Waals surface area contributed by atoms with E-state index in [-0.39, 0.29) is 0 Å². The smallest absolute Gasteiger partial charge is 0.00932 e. The monoisotopic (exact) mass is 233 g/mol. The molecule has 1 heteroatoms. The Morgan fingerprint density at radius 1 is 1.24 bits per heavy atom. The SMILES string of the molecule is CCCNC(CCc1cccc(C)c1)C(C)C. The fourth-order valence-corrected chi connectivity index (χ4v) is 2.19. The summed E-state index contributed by atoms with van der Waals surface area (Å²) < 4.78 is 0. The van der Waals surface area contributed by atoms with Crippen molar-refractivity contribution >= 4 is 0 Å². The molecule has 0 bridgehead atoms. The van der Waals surface area contributed by atoms with Crippen molar-refractivity contribution in [2.45, 2.75) is 53.0 Å². The Bertz CT molecular complexity index is 317. The molecule has 0 spiro atoms. The molecule has 1 nitrogen and oxygen atoms in total. The molecule has 0 radical (unpaired) electrons. The van der Waals surface area contributed by atoms with Gasteiger partial charge in [0, 0.05) is 6.04 Å². The Hall–Kier alpha value is -0.820. The molecule has 96 valence electrons. The first-order chi connectivity index (χ1) is 8.13. The van der Waals surface area contributed by atoms with Crippen molar-refractivity contribution in [3.05, 3.63) is 35.4 Å². The fourth-order valence-electron chi connectivity index (χ4n) is 2.19. The summed E-state index contributed by atoms with van der Waals surface area (Å²) in [6.45, 7) is 10.1. The van der Waals surface area contributed by atoms with Crippen molar-refractivity contribution in [2.24, 2.45) is 5.92 Å². The van der Waals surface area contributed by atoms with Gasteiger partial charge >= 0.3 is 0 Å². The molecule has 1 aromatic rings. The van der Waals surface area contributed by atoms with Crippen LogP contribution in [0.5, 0.6) is 0 Å². The van der Waals surface area contributed by atoms with Crippen LogP contribution in [-0.4, -0.2) is 12.6 Å². The molecule has 0 aliphatic heterocycles. The van der Waals surface area contributed by atoms with Crippen LogP contribution in [0.1, 0.15) is 44.7 Å². The van der Waals surface area contributed by atoms with Crippen LogP contribution < -0.4 is 5.32 Å². The van der Waals surface area contributed by atoms with E-state index in [1.807, 2.05) is 0 Å². The molecule has 0 saturated carbocycles. The van der Waals surface area contributed by atoms with Crippen molar-refractivity contribution < 1.29 is 0 Å². The van der Waals surface area contributed by atoms with E-state index in [1.165, 1.54) is 30.4 Å². The third kappa shape index (κ3) is 5.36. The highest BCUT2D eigenvalue weighted by atomic mass is 14.9. The van der Waals surface area contributed by atoms with Crippen LogP contribution in [0.25, 0.3) is 0 Å². The van der Waals surface area contributed by atoms with E-state index < -0.39 is 0 Å². The molecule has 1 rings (SSSR count). The molecular weight excluding hydrogens is 206 g/mol. The number of benzene rings is 1. The topological polar surface area (TPSA) is 12.0 Å². The minimum Gasteiger partial charge on any atom is -0.314 e. The molecule has 0 aromatic heterocycles. The standard InChI is InChI=1S/C16H27N/c1-5-11-17-16(13(2)3)10-9-15-8-6-7-14(4)12-15/h6-8,12-13,16-17H,5,9-11H2,1-4H3. The highest BCUT2D eigenvalue weighted by Gasteiger charge is 2.11. The van der Waals surface area contributed by atoms with Gasteiger partial charge in [0.2, 0.25) is 0 Å². The van der Waals surface area contributed by atoms with Crippen LogP contribution in [0.3, 0.4) is 0 Å². The molecule has 17 heavy (non-hydrogen) atoms. The second-order valence-corrected chi connectivity index (χ2v) is 5.33. The third-order valence-corrected chi connectivity index (χ3v) is 3.29. The van der Waals surface area contributed by atoms with Gasteiger partial charge in [-0.2, -0.15) is 0 Å². The number of hydrogen-bond acceptors (Lipinski definition) is 1. The summed E-state index contributed by atoms with van der Waals surface area (Å²) in [7, 11) is 0. The molecule has 0 fully saturated rings. The van der Waals surface area contributed by atoms with Crippen LogP contribution >= 0.6 is 0 Å². The van der Waals surface area contributed by atoms with Crippen LogP contribution in [0.15, 0.2) is 24.3 Å². The zero-order chi connectivity index (χ0) is 12.7. The van der Waals surface area contributed by atoms with Gasteiger partial charge in [0.25, 0.3) is 0 Å². The minimum absolute atomic E-state index is 0.649. The van der Waals surface area contributed by atoms with E-state index in [4.69, 9.17) is 0 Å². The lowest BCUT2D eigenvalue weighted by Crippen LogP contribution is -2.34. The van der Waals surface area contributed by atoms with E-state index >= 15 is 0 Å². The van der Waals surface area contributed by atoms with Gasteiger partial charge in [-0.05, 0) is 44.2 Å². The number of hydrogen-bond donors (Lipinski definition) is 1. The summed E-state index contributed by atoms with van der Waals surface area (Å²) in [5, 5.41) is 3.65. The molecule has 0 heterocycles. The summed E-state index contributed by atoms with van der Waals surface area (Å²) in [5.74, 6) is 0.714. The number of nitrogens with one attached hydrogen (secondary N) is 1. The van der Waals surface area contributed by atoms with Crippen LogP contribution in [0.2, 0.25) is 0 Å². The largest absolute Gasteiger partial charge is 0.314 e. The van der Waals surface area contributed by atoms with E-state index in [0.717, 1.165) is 6.54 Å². The van der Waals surface area contributed by atoms with Crippen LogP contribution in [0.4, 0.5) is 0 Å². The summed E-state index contributed by atoms with van der Waals surface area (Å²) in [4.78, 5) is 0. The van der Waals surface area contributed by atoms with Gasteiger partial charge in [-0.25, -0.2) is 0 Å². The van der Waals surface area contributed by atoms with Crippen molar-refractivity contribution in [3.63, 3.8) is 0 Å². The highest BCUT2D eigenvalue weighted by Crippen LogP contribution is 2.12. The number of rotatable bonds is 7. The maximum atomic E-state index is 3.65. The van der Waals surface area contributed by atoms with Gasteiger partial charge in [-0.1, -0.05) is 50.6 Å². The molecule has 0 amide bonds. The van der Waals surface area contributed by atoms with Crippen molar-refractivity contribution in [2.75, 3.05) is 6.54 Å². The molecule has 1 N–H and O–H groups in total. The zero-order valence-corrected chi connectivity index (χ0v) is 11.8. The first-order valence-electron chi connectivity index (χ1n) is 6.92. The second kappa shape index (κ2) is 7.50. The molecule has 1 atom stereocenters. The Balaban J connectivity index is 2.45. The molecule has 1 aromatic carbocycles. The van der Waals surface area contributed by atoms with Gasteiger partial charge in [0.1, 0.15) is 0 Å². The predicted molar refractivity (Wildman–Crippen MR) is 76.4 cm³/mol. The Morgan fingerprint density at radius 2 is 2.00 bits per heavy atom. The molecule has 0 aliphatic carbocycles. The second-order valence-electron chi connectivity index (χ2n) is 5.33. The average molecular weight is 233 g/mol. The quantitative estimate of drug-likeness (QED) is 0.752. The Kier molecular flexibility index (Phi) is 6.28. The van der Waals surface area contributed by atoms with Gasteiger partial charge in [-0.15, -0.1) is 0 Å². The van der Waals surface area contributed by atoms with Gasteiger partial charge in [0.05, 0.1) is 0 Å². The first-order valence-corrected chi connectivity index (χ1v) is 6.92. The first kappa shape index (κ1) is 14.2. The van der Waals surface area contributed by atoms with Crippen molar-refractivity contribution in [1.29, 1.82) is 0 Å². The fraction of sp³-hybridized carbons (Fsp3) is 0.625. The molecule has 1 unspecified atom stereocenters. The van der Waals surface area contributed by atoms with Crippen molar-refractivity contribution in [3.8, 4) is 0 Å².